The number of hydrogen-bond acceptors (Lipinski definition) is 4. The molecule has 0 aliphatic carbocycles. The molecule has 24 heavy (non-hydrogen) atoms. The number of ether oxygens (including phenoxy) is 1. The van der Waals surface area contributed by atoms with Gasteiger partial charge in [-0.15, -0.1) is 0 Å². The highest BCUT2D eigenvalue weighted by Crippen LogP contribution is 2.25. The fourth-order valence-electron chi connectivity index (χ4n) is 2.58. The molecule has 0 bridgehead atoms. The summed E-state index contributed by atoms with van der Waals surface area (Å²) in [6, 6.07) is 19.2. The van der Waals surface area contributed by atoms with Gasteiger partial charge in [-0.1, -0.05) is 24.3 Å². The maximum absolute atomic E-state index is 9.64. The lowest BCUT2D eigenvalue weighted by atomic mass is 10.1. The first kappa shape index (κ1) is 15.9. The molecule has 1 N–H and O–H groups in total. The van der Waals surface area contributed by atoms with Crippen molar-refractivity contribution in [2.75, 3.05) is 19.1 Å². The SMILES string of the molecule is COc1ccc(CN(C)c2ccnc(-c3cccc(O)c3)c2)cc1. The number of aromatic hydroxyl groups is 1. The summed E-state index contributed by atoms with van der Waals surface area (Å²) in [5.74, 6) is 1.10. The van der Waals surface area contributed by atoms with Crippen LogP contribution in [0.2, 0.25) is 0 Å². The molecule has 0 amide bonds. The molecule has 0 unspecified atom stereocenters. The van der Waals surface area contributed by atoms with Crippen molar-refractivity contribution in [1.29, 1.82) is 0 Å². The van der Waals surface area contributed by atoms with E-state index in [1.54, 1.807) is 25.4 Å². The Labute approximate surface area is 142 Å². The zero-order valence-corrected chi connectivity index (χ0v) is 13.8. The largest absolute Gasteiger partial charge is 0.508 e. The second-order valence-corrected chi connectivity index (χ2v) is 5.65. The highest BCUT2D eigenvalue weighted by Gasteiger charge is 2.06. The third kappa shape index (κ3) is 3.66. The highest BCUT2D eigenvalue weighted by molar-refractivity contribution is 5.65. The summed E-state index contributed by atoms with van der Waals surface area (Å²) in [7, 11) is 3.72. The molecule has 0 saturated heterocycles. The Morgan fingerprint density at radius 2 is 1.83 bits per heavy atom. The van der Waals surface area contributed by atoms with Crippen LogP contribution in [0.1, 0.15) is 5.56 Å². The minimum atomic E-state index is 0.242. The lowest BCUT2D eigenvalue weighted by Gasteiger charge is -2.20. The van der Waals surface area contributed by atoms with E-state index in [9.17, 15) is 5.11 Å². The fourth-order valence-corrected chi connectivity index (χ4v) is 2.58. The topological polar surface area (TPSA) is 45.6 Å². The van der Waals surface area contributed by atoms with Crippen LogP contribution < -0.4 is 9.64 Å². The van der Waals surface area contributed by atoms with E-state index in [4.69, 9.17) is 4.74 Å². The summed E-state index contributed by atoms with van der Waals surface area (Å²) in [5.41, 5.74) is 4.01. The molecular formula is C20H20N2O2. The van der Waals surface area contributed by atoms with E-state index in [1.165, 1.54) is 5.56 Å². The summed E-state index contributed by atoms with van der Waals surface area (Å²) in [5, 5.41) is 9.64. The van der Waals surface area contributed by atoms with Crippen molar-refractivity contribution in [3.63, 3.8) is 0 Å². The van der Waals surface area contributed by atoms with Crippen LogP contribution >= 0.6 is 0 Å². The molecule has 1 heterocycles. The molecule has 4 nitrogen and oxygen atoms in total. The second kappa shape index (κ2) is 7.04. The van der Waals surface area contributed by atoms with E-state index in [-0.39, 0.29) is 5.75 Å². The summed E-state index contributed by atoms with van der Waals surface area (Å²) < 4.78 is 5.19. The standard InChI is InChI=1S/C20H20N2O2/c1-22(14-15-6-8-19(24-2)9-7-15)17-10-11-21-20(13-17)16-4-3-5-18(23)12-16/h3-13,23H,14H2,1-2H3. The summed E-state index contributed by atoms with van der Waals surface area (Å²) in [6.45, 7) is 0.785. The molecule has 0 radical (unpaired) electrons. The van der Waals surface area contributed by atoms with Crippen molar-refractivity contribution in [2.45, 2.75) is 6.54 Å². The number of phenolic OH excluding ortho intramolecular Hbond substituents is 1. The van der Waals surface area contributed by atoms with E-state index in [1.807, 2.05) is 43.4 Å². The average molecular weight is 320 g/mol. The van der Waals surface area contributed by atoms with Crippen molar-refractivity contribution < 1.29 is 9.84 Å². The summed E-state index contributed by atoms with van der Waals surface area (Å²) >= 11 is 0. The number of anilines is 1. The van der Waals surface area contributed by atoms with Crippen molar-refractivity contribution in [3.8, 4) is 22.8 Å². The molecule has 1 aromatic heterocycles. The van der Waals surface area contributed by atoms with E-state index in [0.717, 1.165) is 29.2 Å². The molecule has 4 heteroatoms. The molecule has 0 aliphatic rings. The van der Waals surface area contributed by atoms with Crippen LogP contribution in [0.3, 0.4) is 0 Å². The molecular weight excluding hydrogens is 300 g/mol. The minimum absolute atomic E-state index is 0.242. The van der Waals surface area contributed by atoms with Gasteiger partial charge in [-0.2, -0.15) is 0 Å². The normalized spacial score (nSPS) is 10.4. The lowest BCUT2D eigenvalue weighted by Crippen LogP contribution is -2.16. The van der Waals surface area contributed by atoms with E-state index in [0.29, 0.717) is 0 Å². The van der Waals surface area contributed by atoms with Crippen molar-refractivity contribution in [1.82, 2.24) is 4.98 Å². The smallest absolute Gasteiger partial charge is 0.118 e. The van der Waals surface area contributed by atoms with Crippen LogP contribution in [0.25, 0.3) is 11.3 Å². The Bertz CT molecular complexity index is 816. The van der Waals surface area contributed by atoms with Gasteiger partial charge in [0.25, 0.3) is 0 Å². The number of benzene rings is 2. The number of hydrogen-bond donors (Lipinski definition) is 1. The van der Waals surface area contributed by atoms with E-state index < -0.39 is 0 Å². The maximum Gasteiger partial charge on any atom is 0.118 e. The van der Waals surface area contributed by atoms with Gasteiger partial charge in [0.1, 0.15) is 11.5 Å². The number of phenols is 1. The van der Waals surface area contributed by atoms with Crippen LogP contribution in [0.15, 0.2) is 66.9 Å². The summed E-state index contributed by atoms with van der Waals surface area (Å²) in [6.07, 6.45) is 1.79. The Kier molecular flexibility index (Phi) is 4.66. The number of nitrogens with zero attached hydrogens (tertiary/aromatic N) is 2. The van der Waals surface area contributed by atoms with Crippen molar-refractivity contribution in [3.05, 3.63) is 72.4 Å². The van der Waals surface area contributed by atoms with E-state index in [2.05, 4.69) is 22.0 Å². The molecule has 0 saturated carbocycles. The van der Waals surface area contributed by atoms with Gasteiger partial charge in [0, 0.05) is 31.0 Å². The van der Waals surface area contributed by atoms with Crippen molar-refractivity contribution >= 4 is 5.69 Å². The maximum atomic E-state index is 9.64. The van der Waals surface area contributed by atoms with Gasteiger partial charge in [0.05, 0.1) is 12.8 Å². The molecule has 3 aromatic rings. The van der Waals surface area contributed by atoms with Crippen LogP contribution in [-0.4, -0.2) is 24.2 Å². The van der Waals surface area contributed by atoms with Gasteiger partial charge in [-0.3, -0.25) is 4.98 Å². The fraction of sp³-hybridized carbons (Fsp3) is 0.150. The van der Waals surface area contributed by atoms with Crippen LogP contribution in [0, 0.1) is 0 Å². The van der Waals surface area contributed by atoms with Gasteiger partial charge < -0.3 is 14.7 Å². The number of pyridine rings is 1. The lowest BCUT2D eigenvalue weighted by molar-refractivity contribution is 0.414. The minimum Gasteiger partial charge on any atom is -0.508 e. The average Bonchev–Trinajstić information content (AvgIpc) is 2.62. The molecule has 0 spiro atoms. The van der Waals surface area contributed by atoms with Gasteiger partial charge in [0.15, 0.2) is 0 Å². The van der Waals surface area contributed by atoms with Crippen LogP contribution in [0.4, 0.5) is 5.69 Å². The number of aromatic nitrogens is 1. The van der Waals surface area contributed by atoms with Crippen molar-refractivity contribution in [2.24, 2.45) is 0 Å². The monoisotopic (exact) mass is 320 g/mol. The Morgan fingerprint density at radius 3 is 2.54 bits per heavy atom. The van der Waals surface area contributed by atoms with E-state index >= 15 is 0 Å². The molecule has 3 rings (SSSR count). The van der Waals surface area contributed by atoms with Gasteiger partial charge in [-0.05, 0) is 42.0 Å². The van der Waals surface area contributed by atoms with Gasteiger partial charge >= 0.3 is 0 Å². The zero-order valence-electron chi connectivity index (χ0n) is 13.8. The molecule has 0 atom stereocenters. The first-order chi connectivity index (χ1) is 11.7. The first-order valence-electron chi connectivity index (χ1n) is 7.75. The van der Waals surface area contributed by atoms with Gasteiger partial charge in [0.2, 0.25) is 0 Å². The summed E-state index contributed by atoms with van der Waals surface area (Å²) in [4.78, 5) is 6.57. The second-order valence-electron chi connectivity index (χ2n) is 5.65. The third-order valence-corrected chi connectivity index (χ3v) is 3.91. The third-order valence-electron chi connectivity index (χ3n) is 3.91. The van der Waals surface area contributed by atoms with Crippen LogP contribution in [-0.2, 0) is 6.54 Å². The first-order valence-corrected chi connectivity index (χ1v) is 7.75. The zero-order chi connectivity index (χ0) is 16.9. The Hall–Kier alpha value is -3.01. The number of rotatable bonds is 5. The molecule has 0 fully saturated rings. The number of methoxy groups -OCH3 is 1. The predicted octanol–water partition coefficient (Wildman–Crippen LogP) is 4.10. The predicted molar refractivity (Wildman–Crippen MR) is 96.4 cm³/mol. The quantitative estimate of drug-likeness (QED) is 0.769. The molecule has 2 aromatic carbocycles. The molecule has 122 valence electrons. The highest BCUT2D eigenvalue weighted by atomic mass is 16.5. The molecule has 0 aliphatic heterocycles. The van der Waals surface area contributed by atoms with Crippen LogP contribution in [0.5, 0.6) is 11.5 Å². The Morgan fingerprint density at radius 1 is 1.04 bits per heavy atom. The van der Waals surface area contributed by atoms with Gasteiger partial charge in [-0.25, -0.2) is 0 Å². The Balaban J connectivity index is 1.79.